The SMILES string of the molecule is CCCCCCPPCCC. The summed E-state index contributed by atoms with van der Waals surface area (Å²) < 4.78 is 0. The third kappa shape index (κ3) is 10.9. The van der Waals surface area contributed by atoms with Gasteiger partial charge in [0.2, 0.25) is 0 Å². The molecule has 0 saturated heterocycles. The van der Waals surface area contributed by atoms with E-state index in [1.54, 1.807) is 0 Å². The van der Waals surface area contributed by atoms with Crippen molar-refractivity contribution in [2.24, 2.45) is 0 Å². The molecule has 0 radical (unpaired) electrons. The van der Waals surface area contributed by atoms with Crippen molar-refractivity contribution in [1.82, 2.24) is 0 Å². The van der Waals surface area contributed by atoms with Crippen molar-refractivity contribution in [3.63, 3.8) is 0 Å². The molecule has 0 nitrogen and oxygen atoms in total. The highest BCUT2D eigenvalue weighted by molar-refractivity contribution is 8.11. The van der Waals surface area contributed by atoms with E-state index in [1.165, 1.54) is 61.0 Å². The largest absolute Gasteiger partial charge is 0.0993 e. The van der Waals surface area contributed by atoms with Gasteiger partial charge in [0.15, 0.2) is 0 Å². The number of hydrogen-bond donors (Lipinski definition) is 0. The van der Waals surface area contributed by atoms with Gasteiger partial charge in [0.1, 0.15) is 0 Å². The maximum atomic E-state index is 2.29. The lowest BCUT2D eigenvalue weighted by molar-refractivity contribution is 0.706. The maximum absolute atomic E-state index is 2.29. The van der Waals surface area contributed by atoms with E-state index in [9.17, 15) is 0 Å². The first kappa shape index (κ1) is 11.9. The summed E-state index contributed by atoms with van der Waals surface area (Å²) in [4.78, 5) is 0. The van der Waals surface area contributed by atoms with Crippen LogP contribution in [0.4, 0.5) is 0 Å². The minimum Gasteiger partial charge on any atom is -0.0993 e. The summed E-state index contributed by atoms with van der Waals surface area (Å²) in [6.07, 6.45) is 10.2. The predicted molar refractivity (Wildman–Crippen MR) is 60.8 cm³/mol. The molecule has 0 heterocycles. The van der Waals surface area contributed by atoms with Crippen molar-refractivity contribution in [3.05, 3.63) is 0 Å². The fourth-order valence-corrected chi connectivity index (χ4v) is 4.31. The lowest BCUT2D eigenvalue weighted by atomic mass is 10.2. The molecule has 2 heteroatoms. The van der Waals surface area contributed by atoms with Gasteiger partial charge in [-0.1, -0.05) is 56.1 Å². The van der Waals surface area contributed by atoms with Crippen molar-refractivity contribution in [2.75, 3.05) is 12.3 Å². The zero-order valence-electron chi connectivity index (χ0n) is 7.95. The molecule has 0 aliphatic carbocycles. The van der Waals surface area contributed by atoms with Gasteiger partial charge in [-0.25, -0.2) is 0 Å². The van der Waals surface area contributed by atoms with Crippen LogP contribution >= 0.6 is 16.5 Å². The molecular formula is C9H22P2. The standard InChI is InChI=1S/C9H22P2/c1-3-5-6-7-9-11-10-8-4-2/h10-11H,3-9H2,1-2H3. The van der Waals surface area contributed by atoms with E-state index in [0.29, 0.717) is 0 Å². The van der Waals surface area contributed by atoms with Gasteiger partial charge in [-0.15, -0.1) is 0 Å². The lowest BCUT2D eigenvalue weighted by Crippen LogP contribution is -1.76. The Morgan fingerprint density at radius 1 is 0.727 bits per heavy atom. The first-order valence-corrected chi connectivity index (χ1v) is 8.29. The van der Waals surface area contributed by atoms with Gasteiger partial charge >= 0.3 is 0 Å². The van der Waals surface area contributed by atoms with Crippen molar-refractivity contribution in [3.8, 4) is 0 Å². The normalized spacial score (nSPS) is 12.5. The minimum absolute atomic E-state index is 1.27. The van der Waals surface area contributed by atoms with Crippen LogP contribution in [0.5, 0.6) is 0 Å². The molecule has 68 valence electrons. The third-order valence-electron chi connectivity index (χ3n) is 1.66. The predicted octanol–water partition coefficient (Wildman–Crippen LogP) is 4.25. The molecule has 0 aromatic rings. The smallest absolute Gasteiger partial charge is 0.0317 e. The van der Waals surface area contributed by atoms with E-state index in [1.807, 2.05) is 0 Å². The zero-order chi connectivity index (χ0) is 8.36. The second-order valence-corrected chi connectivity index (χ2v) is 6.74. The van der Waals surface area contributed by atoms with E-state index in [-0.39, 0.29) is 0 Å². The molecular weight excluding hydrogens is 170 g/mol. The monoisotopic (exact) mass is 192 g/mol. The summed E-state index contributed by atoms with van der Waals surface area (Å²) in [6, 6.07) is 0. The van der Waals surface area contributed by atoms with Gasteiger partial charge in [-0.3, -0.25) is 0 Å². The van der Waals surface area contributed by atoms with E-state index in [0.717, 1.165) is 0 Å². The Bertz CT molecular complexity index is 56.6. The maximum Gasteiger partial charge on any atom is -0.0317 e. The summed E-state index contributed by atoms with van der Waals surface area (Å²) in [5.74, 6) is 0. The van der Waals surface area contributed by atoms with E-state index in [2.05, 4.69) is 13.8 Å². The van der Waals surface area contributed by atoms with Crippen LogP contribution in [0.1, 0.15) is 46.0 Å². The molecule has 0 rings (SSSR count). The summed E-state index contributed by atoms with van der Waals surface area (Å²) in [6.45, 7) is 4.57. The molecule has 0 aliphatic rings. The Kier molecular flexibility index (Phi) is 11.7. The minimum atomic E-state index is 1.27. The molecule has 2 unspecified atom stereocenters. The summed E-state index contributed by atoms with van der Waals surface area (Å²) in [7, 11) is 2.55. The van der Waals surface area contributed by atoms with Crippen LogP contribution in [0, 0.1) is 0 Å². The van der Waals surface area contributed by atoms with Gasteiger partial charge < -0.3 is 0 Å². The number of unbranched alkanes of at least 4 members (excludes halogenated alkanes) is 3. The first-order chi connectivity index (χ1) is 5.41. The molecule has 0 fully saturated rings. The molecule has 0 amide bonds. The third-order valence-corrected chi connectivity index (χ3v) is 5.51. The van der Waals surface area contributed by atoms with Crippen molar-refractivity contribution in [1.29, 1.82) is 0 Å². The highest BCUT2D eigenvalue weighted by atomic mass is 32.0. The average molecular weight is 192 g/mol. The average Bonchev–Trinajstić information content (AvgIpc) is 2.03. The highest BCUT2D eigenvalue weighted by Gasteiger charge is 1.88. The van der Waals surface area contributed by atoms with Crippen LogP contribution in [-0.4, -0.2) is 12.3 Å². The van der Waals surface area contributed by atoms with Gasteiger partial charge in [-0.05, 0) is 18.7 Å². The first-order valence-electron chi connectivity index (χ1n) is 4.87. The van der Waals surface area contributed by atoms with Gasteiger partial charge in [0.25, 0.3) is 0 Å². The van der Waals surface area contributed by atoms with Gasteiger partial charge in [0, 0.05) is 0 Å². The van der Waals surface area contributed by atoms with Crippen LogP contribution in [0.25, 0.3) is 0 Å². The van der Waals surface area contributed by atoms with Crippen molar-refractivity contribution < 1.29 is 0 Å². The van der Waals surface area contributed by atoms with Gasteiger partial charge in [0.05, 0.1) is 0 Å². The Labute approximate surface area is 75.4 Å². The lowest BCUT2D eigenvalue weighted by Gasteiger charge is -1.99. The van der Waals surface area contributed by atoms with Crippen LogP contribution in [0.15, 0.2) is 0 Å². The molecule has 2 atom stereocenters. The van der Waals surface area contributed by atoms with Crippen molar-refractivity contribution >= 4 is 16.5 Å². The van der Waals surface area contributed by atoms with Gasteiger partial charge in [-0.2, -0.15) is 0 Å². The summed E-state index contributed by atoms with van der Waals surface area (Å²) >= 11 is 0. The Balaban J connectivity index is 2.69. The van der Waals surface area contributed by atoms with E-state index < -0.39 is 0 Å². The van der Waals surface area contributed by atoms with Crippen LogP contribution < -0.4 is 0 Å². The Hall–Kier alpha value is 0.860. The van der Waals surface area contributed by atoms with E-state index in [4.69, 9.17) is 0 Å². The Morgan fingerprint density at radius 3 is 2.09 bits per heavy atom. The number of rotatable bonds is 8. The molecule has 0 N–H and O–H groups in total. The quantitative estimate of drug-likeness (QED) is 0.398. The second kappa shape index (κ2) is 10.9. The molecule has 0 saturated carbocycles. The molecule has 0 spiro atoms. The fraction of sp³-hybridized carbons (Fsp3) is 1.00. The second-order valence-electron chi connectivity index (χ2n) is 2.91. The molecule has 0 aromatic carbocycles. The molecule has 0 aromatic heterocycles. The molecule has 11 heavy (non-hydrogen) atoms. The Morgan fingerprint density at radius 2 is 1.45 bits per heavy atom. The van der Waals surface area contributed by atoms with Crippen LogP contribution in [-0.2, 0) is 0 Å². The molecule has 0 bridgehead atoms. The highest BCUT2D eigenvalue weighted by Crippen LogP contribution is 2.37. The molecule has 0 aliphatic heterocycles. The summed E-state index contributed by atoms with van der Waals surface area (Å²) in [5, 5.41) is 0. The zero-order valence-corrected chi connectivity index (χ0v) is 9.95. The fourth-order valence-electron chi connectivity index (χ4n) is 0.942. The van der Waals surface area contributed by atoms with Crippen LogP contribution in [0.3, 0.4) is 0 Å². The van der Waals surface area contributed by atoms with E-state index >= 15 is 0 Å². The van der Waals surface area contributed by atoms with Crippen LogP contribution in [0.2, 0.25) is 0 Å². The topological polar surface area (TPSA) is 0 Å². The number of hydrogen-bond acceptors (Lipinski definition) is 0. The summed E-state index contributed by atoms with van der Waals surface area (Å²) in [5.41, 5.74) is 0. The van der Waals surface area contributed by atoms with Crippen molar-refractivity contribution in [2.45, 2.75) is 46.0 Å².